The van der Waals surface area contributed by atoms with Crippen molar-refractivity contribution >= 4 is 0 Å². The third-order valence-corrected chi connectivity index (χ3v) is 7.38. The maximum atomic E-state index is 10.4. The first-order valence-electron chi connectivity index (χ1n) is 12.3. The van der Waals surface area contributed by atoms with Crippen LogP contribution in [0.15, 0.2) is 11.1 Å². The fraction of sp³-hybridized carbons (Fsp3) is 0.917. The molecule has 2 fully saturated rings. The fourth-order valence-corrected chi connectivity index (χ4v) is 5.39. The molecule has 0 amide bonds. The van der Waals surface area contributed by atoms with E-state index in [9.17, 15) is 35.7 Å². The van der Waals surface area contributed by atoms with Gasteiger partial charge in [-0.25, -0.2) is 0 Å². The molecule has 7 N–H and O–H groups in total. The molecule has 35 heavy (non-hydrogen) atoms. The first-order valence-corrected chi connectivity index (χ1v) is 12.3. The highest BCUT2D eigenvalue weighted by atomic mass is 16.7. The lowest BCUT2D eigenvalue weighted by molar-refractivity contribution is -0.318. The molecule has 1 aliphatic carbocycles. The molecule has 0 bridgehead atoms. The van der Waals surface area contributed by atoms with Crippen LogP contribution in [-0.2, 0) is 18.9 Å². The molecule has 3 rings (SSSR count). The van der Waals surface area contributed by atoms with E-state index in [2.05, 4.69) is 13.8 Å². The van der Waals surface area contributed by atoms with Crippen LogP contribution in [0.25, 0.3) is 0 Å². The van der Waals surface area contributed by atoms with Gasteiger partial charge < -0.3 is 54.7 Å². The molecule has 11 nitrogen and oxygen atoms in total. The van der Waals surface area contributed by atoms with Crippen LogP contribution in [0.2, 0.25) is 0 Å². The van der Waals surface area contributed by atoms with Crippen LogP contribution < -0.4 is 0 Å². The van der Waals surface area contributed by atoms with E-state index in [1.165, 1.54) is 11.1 Å². The molecule has 2 heterocycles. The molecule has 0 spiro atoms. The molecule has 2 saturated heterocycles. The molecule has 11 heteroatoms. The molecule has 2 aliphatic heterocycles. The Balaban J connectivity index is 1.55. The third-order valence-electron chi connectivity index (χ3n) is 7.38. The van der Waals surface area contributed by atoms with Gasteiger partial charge in [-0.3, -0.25) is 0 Å². The topological polar surface area (TPSA) is 179 Å². The molecule has 0 aromatic rings. The number of allylic oxidation sites excluding steroid dienone is 1. The van der Waals surface area contributed by atoms with Gasteiger partial charge >= 0.3 is 0 Å². The van der Waals surface area contributed by atoms with Gasteiger partial charge in [0.2, 0.25) is 0 Å². The molecule has 0 aromatic carbocycles. The summed E-state index contributed by atoms with van der Waals surface area (Å²) in [5.41, 5.74) is 2.33. The second-order valence-electron chi connectivity index (χ2n) is 10.7. The van der Waals surface area contributed by atoms with E-state index in [1.54, 1.807) is 0 Å². The predicted molar refractivity (Wildman–Crippen MR) is 122 cm³/mol. The van der Waals surface area contributed by atoms with E-state index < -0.39 is 61.9 Å². The highest BCUT2D eigenvalue weighted by Crippen LogP contribution is 2.42. The summed E-state index contributed by atoms with van der Waals surface area (Å²) in [5, 5.41) is 70.2. The van der Waals surface area contributed by atoms with Crippen molar-refractivity contribution in [2.24, 2.45) is 5.41 Å². The summed E-state index contributed by atoms with van der Waals surface area (Å²) in [6.45, 7) is 7.26. The van der Waals surface area contributed by atoms with E-state index >= 15 is 0 Å². The van der Waals surface area contributed by atoms with Crippen LogP contribution in [0.5, 0.6) is 0 Å². The normalized spacial score (nSPS) is 42.9. The number of hydrogen-bond acceptors (Lipinski definition) is 11. The largest absolute Gasteiger partial charge is 0.394 e. The second kappa shape index (κ2) is 11.8. The van der Waals surface area contributed by atoms with E-state index in [-0.39, 0.29) is 24.2 Å². The fourth-order valence-electron chi connectivity index (χ4n) is 5.39. The zero-order valence-corrected chi connectivity index (χ0v) is 20.9. The van der Waals surface area contributed by atoms with Gasteiger partial charge in [-0.15, -0.1) is 0 Å². The monoisotopic (exact) mass is 506 g/mol. The van der Waals surface area contributed by atoms with Crippen molar-refractivity contribution in [2.75, 3.05) is 13.2 Å². The molecule has 3 aliphatic rings. The van der Waals surface area contributed by atoms with Crippen molar-refractivity contribution in [2.45, 2.75) is 121 Å². The number of hydrogen-bond donors (Lipinski definition) is 7. The van der Waals surface area contributed by atoms with E-state index in [4.69, 9.17) is 18.9 Å². The van der Waals surface area contributed by atoms with Crippen molar-refractivity contribution in [1.29, 1.82) is 0 Å². The lowest BCUT2D eigenvalue weighted by Crippen LogP contribution is -2.60. The van der Waals surface area contributed by atoms with Gasteiger partial charge in [0.15, 0.2) is 12.6 Å². The summed E-state index contributed by atoms with van der Waals surface area (Å²) in [6, 6.07) is 0. The Morgan fingerprint density at radius 2 is 1.51 bits per heavy atom. The summed E-state index contributed by atoms with van der Waals surface area (Å²) in [4.78, 5) is 0. The highest BCUT2D eigenvalue weighted by Gasteiger charge is 2.47. The van der Waals surface area contributed by atoms with Crippen molar-refractivity contribution < 1.29 is 54.7 Å². The Bertz CT molecular complexity index is 728. The quantitative estimate of drug-likeness (QED) is 0.189. The number of aliphatic hydroxyl groups is 7. The number of ether oxygens (including phenoxy) is 4. The Labute approximate surface area is 205 Å². The number of rotatable bonds is 9. The van der Waals surface area contributed by atoms with Gasteiger partial charge in [-0.05, 0) is 44.9 Å². The van der Waals surface area contributed by atoms with Crippen LogP contribution in [0, 0.1) is 5.41 Å². The van der Waals surface area contributed by atoms with Crippen molar-refractivity contribution in [3.05, 3.63) is 11.1 Å². The van der Waals surface area contributed by atoms with Crippen molar-refractivity contribution in [3.63, 3.8) is 0 Å². The SMILES string of the molecule is CC1=C(CCC(C)OC2OC(COC3OC(CO)C(O)C3O)C(O)C(O)C2O)C(C)(C)CC(O)C1. The van der Waals surface area contributed by atoms with Crippen LogP contribution in [0.4, 0.5) is 0 Å². The van der Waals surface area contributed by atoms with Gasteiger partial charge in [0.25, 0.3) is 0 Å². The van der Waals surface area contributed by atoms with Crippen LogP contribution in [-0.4, -0.2) is 116 Å². The Morgan fingerprint density at radius 3 is 2.11 bits per heavy atom. The summed E-state index contributed by atoms with van der Waals surface area (Å²) in [5.74, 6) is 0. The Morgan fingerprint density at radius 1 is 0.914 bits per heavy atom. The lowest BCUT2D eigenvalue weighted by Gasteiger charge is -2.41. The Hall–Kier alpha value is -0.700. The summed E-state index contributed by atoms with van der Waals surface area (Å²) < 4.78 is 22.3. The molecule has 0 aromatic heterocycles. The molecule has 0 radical (unpaired) electrons. The molecule has 204 valence electrons. The minimum Gasteiger partial charge on any atom is -0.394 e. The zero-order valence-electron chi connectivity index (χ0n) is 20.9. The number of aliphatic hydroxyl groups excluding tert-OH is 7. The molecule has 11 unspecified atom stereocenters. The highest BCUT2D eigenvalue weighted by molar-refractivity contribution is 5.24. The van der Waals surface area contributed by atoms with Crippen molar-refractivity contribution in [3.8, 4) is 0 Å². The second-order valence-corrected chi connectivity index (χ2v) is 10.7. The maximum absolute atomic E-state index is 10.4. The first kappa shape index (κ1) is 28.9. The minimum absolute atomic E-state index is 0.124. The molecule has 0 saturated carbocycles. The standard InChI is InChI=1S/C24H42O11/c1-11-7-13(26)8-24(3,4)14(11)6-5-12(2)33-23-21(31)19(29)18(28)16(35-23)10-32-22-20(30)17(27)15(9-25)34-22/h12-13,15-23,25-31H,5-10H2,1-4H3. The zero-order chi connectivity index (χ0) is 26.1. The minimum atomic E-state index is -1.55. The van der Waals surface area contributed by atoms with Gasteiger partial charge in [0, 0.05) is 0 Å². The average Bonchev–Trinajstić information content (AvgIpc) is 3.05. The van der Waals surface area contributed by atoms with E-state index in [1.807, 2.05) is 13.8 Å². The van der Waals surface area contributed by atoms with Crippen LogP contribution in [0.1, 0.15) is 53.4 Å². The summed E-state index contributed by atoms with van der Waals surface area (Å²) >= 11 is 0. The molecule has 11 atom stereocenters. The van der Waals surface area contributed by atoms with Gasteiger partial charge in [0.1, 0.15) is 42.7 Å². The summed E-state index contributed by atoms with van der Waals surface area (Å²) in [7, 11) is 0. The molecular formula is C24H42O11. The maximum Gasteiger partial charge on any atom is 0.186 e. The third kappa shape index (κ3) is 6.60. The van der Waals surface area contributed by atoms with E-state index in [0.29, 0.717) is 19.3 Å². The van der Waals surface area contributed by atoms with Crippen LogP contribution in [0.3, 0.4) is 0 Å². The van der Waals surface area contributed by atoms with Gasteiger partial charge in [-0.1, -0.05) is 25.0 Å². The van der Waals surface area contributed by atoms with Gasteiger partial charge in [0.05, 0.1) is 25.4 Å². The predicted octanol–water partition coefficient (Wildman–Crippen LogP) is -1.07. The molecular weight excluding hydrogens is 464 g/mol. The summed E-state index contributed by atoms with van der Waals surface area (Å²) in [6.07, 6.45) is -9.81. The Kier molecular flexibility index (Phi) is 9.72. The van der Waals surface area contributed by atoms with Crippen molar-refractivity contribution in [1.82, 2.24) is 0 Å². The average molecular weight is 507 g/mol. The first-order chi connectivity index (χ1) is 16.4. The lowest BCUT2D eigenvalue weighted by atomic mass is 9.70. The van der Waals surface area contributed by atoms with Gasteiger partial charge in [-0.2, -0.15) is 0 Å². The smallest absolute Gasteiger partial charge is 0.186 e. The van der Waals surface area contributed by atoms with Crippen LogP contribution >= 0.6 is 0 Å². The van der Waals surface area contributed by atoms with E-state index in [0.717, 1.165) is 6.42 Å².